The van der Waals surface area contributed by atoms with Crippen molar-refractivity contribution in [3.05, 3.63) is 76.5 Å². The molecule has 44 heavy (non-hydrogen) atoms. The number of ether oxygens (including phenoxy) is 1. The molecule has 1 aliphatic carbocycles. The molecule has 9 nitrogen and oxygen atoms in total. The molecule has 1 amide bonds. The van der Waals surface area contributed by atoms with Crippen molar-refractivity contribution in [2.24, 2.45) is 5.41 Å². The summed E-state index contributed by atoms with van der Waals surface area (Å²) < 4.78 is 55.2. The summed E-state index contributed by atoms with van der Waals surface area (Å²) in [6.07, 6.45) is 1.10. The number of benzene rings is 2. The summed E-state index contributed by atoms with van der Waals surface area (Å²) in [4.78, 5) is 32.3. The predicted molar refractivity (Wildman–Crippen MR) is 171 cm³/mol. The molecule has 3 aliphatic rings. The SMILES string of the molecule is [2H]C([2H])(Oc1nc2c(c(N3CCN(C(=O)C(=C)F)[C@@H](C[N+]#[C-])C3)n1)CCN(c1cccc3cccc(Cl)c13)C2)C1(C([2H])([2H])N(C)C)CC1. The molecular weight excluding hydrogens is 581 g/mol. The standard InChI is InChI=1S/C33H37ClFN7O2/c1-22(35)31(43)42-16-15-41(18-24(42)17-36-2)30-25-11-14-40(28-10-6-8-23-7-5-9-26(34)29(23)28)19-27(25)37-32(38-30)44-21-33(12-13-33)20-39(3)4/h5-10,24H,1,11-21H2,3-4H3/t24-/m0/s1/i20D2,21D2. The van der Waals surface area contributed by atoms with Crippen molar-refractivity contribution >= 4 is 39.8 Å². The first kappa shape index (κ1) is 25.4. The number of fused-ring (bicyclic) bond motifs is 2. The van der Waals surface area contributed by atoms with E-state index in [1.165, 1.54) is 9.80 Å². The molecule has 3 heterocycles. The van der Waals surface area contributed by atoms with Crippen LogP contribution in [-0.4, -0.2) is 91.6 Å². The molecule has 1 saturated heterocycles. The zero-order chi connectivity index (χ0) is 34.6. The highest BCUT2D eigenvalue weighted by Crippen LogP contribution is 2.46. The highest BCUT2D eigenvalue weighted by molar-refractivity contribution is 6.36. The van der Waals surface area contributed by atoms with Crippen LogP contribution in [0.25, 0.3) is 15.6 Å². The molecule has 6 rings (SSSR count). The van der Waals surface area contributed by atoms with E-state index in [2.05, 4.69) is 16.3 Å². The summed E-state index contributed by atoms with van der Waals surface area (Å²) in [7, 11) is 3.14. The molecule has 1 aromatic heterocycles. The van der Waals surface area contributed by atoms with Crippen molar-refractivity contribution in [3.8, 4) is 6.01 Å². The van der Waals surface area contributed by atoms with Crippen LogP contribution in [0, 0.1) is 12.0 Å². The van der Waals surface area contributed by atoms with E-state index < -0.39 is 36.2 Å². The molecule has 0 unspecified atom stereocenters. The number of hydrogen-bond donors (Lipinski definition) is 0. The number of halogens is 2. The number of aromatic nitrogens is 2. The monoisotopic (exact) mass is 621 g/mol. The molecular formula is C33H37ClFN7O2. The lowest BCUT2D eigenvalue weighted by atomic mass is 10.0. The number of carbonyl (C=O) groups excluding carboxylic acids is 1. The van der Waals surface area contributed by atoms with Crippen LogP contribution in [0.1, 0.15) is 29.6 Å². The predicted octanol–water partition coefficient (Wildman–Crippen LogP) is 4.99. The Morgan fingerprint density at radius 3 is 2.70 bits per heavy atom. The van der Waals surface area contributed by atoms with Crippen LogP contribution in [0.5, 0.6) is 6.01 Å². The minimum absolute atomic E-state index is 0.0491. The van der Waals surface area contributed by atoms with Crippen molar-refractivity contribution in [2.75, 3.05) is 69.7 Å². The molecule has 230 valence electrons. The number of amides is 1. The maximum Gasteiger partial charge on any atom is 0.318 e. The Kier molecular flexibility index (Phi) is 7.05. The van der Waals surface area contributed by atoms with Gasteiger partial charge in [0.05, 0.1) is 26.6 Å². The molecule has 3 aromatic rings. The Labute approximate surface area is 268 Å². The zero-order valence-electron chi connectivity index (χ0n) is 28.8. The number of carbonyl (C=O) groups is 1. The number of piperazine rings is 1. The molecule has 1 atom stereocenters. The van der Waals surface area contributed by atoms with E-state index in [1.807, 2.05) is 41.3 Å². The van der Waals surface area contributed by atoms with Gasteiger partial charge in [0.2, 0.25) is 6.54 Å². The van der Waals surface area contributed by atoms with Crippen LogP contribution in [0.4, 0.5) is 15.9 Å². The second kappa shape index (κ2) is 12.2. The van der Waals surface area contributed by atoms with Gasteiger partial charge in [-0.2, -0.15) is 9.97 Å². The number of rotatable bonds is 9. The Morgan fingerprint density at radius 2 is 2.00 bits per heavy atom. The first-order valence-corrected chi connectivity index (χ1v) is 15.0. The Morgan fingerprint density at radius 1 is 1.23 bits per heavy atom. The third-order valence-electron chi connectivity index (χ3n) is 8.30. The topological polar surface area (TPSA) is 69.4 Å². The van der Waals surface area contributed by atoms with E-state index in [-0.39, 0.29) is 45.0 Å². The minimum atomic E-state index is -2.46. The molecule has 11 heteroatoms. The molecule has 0 N–H and O–H groups in total. The van der Waals surface area contributed by atoms with E-state index in [9.17, 15) is 9.18 Å². The average Bonchev–Trinajstić information content (AvgIpc) is 3.87. The van der Waals surface area contributed by atoms with Crippen LogP contribution in [0.3, 0.4) is 0 Å². The van der Waals surface area contributed by atoms with Crippen LogP contribution in [-0.2, 0) is 17.8 Å². The fourth-order valence-electron chi connectivity index (χ4n) is 6.11. The second-order valence-corrected chi connectivity index (χ2v) is 12.1. The lowest BCUT2D eigenvalue weighted by Gasteiger charge is -2.41. The van der Waals surface area contributed by atoms with Gasteiger partial charge in [-0.1, -0.05) is 42.4 Å². The maximum atomic E-state index is 13.9. The second-order valence-electron chi connectivity index (χ2n) is 11.7. The van der Waals surface area contributed by atoms with Crippen LogP contribution in [0.15, 0.2) is 48.8 Å². The maximum absolute atomic E-state index is 13.9. The van der Waals surface area contributed by atoms with E-state index in [4.69, 9.17) is 38.4 Å². The smallest absolute Gasteiger partial charge is 0.318 e. The third-order valence-corrected chi connectivity index (χ3v) is 8.61. The molecule has 0 radical (unpaired) electrons. The van der Waals surface area contributed by atoms with Gasteiger partial charge in [0.1, 0.15) is 11.9 Å². The number of nitrogens with zero attached hydrogens (tertiary/aromatic N) is 7. The summed E-state index contributed by atoms with van der Waals surface area (Å²) in [5.41, 5.74) is 0.926. The van der Waals surface area contributed by atoms with Crippen molar-refractivity contribution in [1.82, 2.24) is 19.8 Å². The van der Waals surface area contributed by atoms with Gasteiger partial charge in [0.25, 0.3) is 5.91 Å². The minimum Gasteiger partial charge on any atom is -0.463 e. The molecule has 0 spiro atoms. The van der Waals surface area contributed by atoms with Gasteiger partial charge in [-0.15, -0.1) is 0 Å². The number of anilines is 2. The highest BCUT2D eigenvalue weighted by atomic mass is 35.5. The van der Waals surface area contributed by atoms with E-state index in [0.29, 0.717) is 36.0 Å². The fraction of sp³-hybridized carbons (Fsp3) is 0.455. The summed E-state index contributed by atoms with van der Waals surface area (Å²) in [6.45, 7) is 7.64. The van der Waals surface area contributed by atoms with Crippen molar-refractivity contribution in [1.29, 1.82) is 0 Å². The van der Waals surface area contributed by atoms with Gasteiger partial charge in [0.15, 0.2) is 5.83 Å². The van der Waals surface area contributed by atoms with Gasteiger partial charge in [0, 0.05) is 57.5 Å². The Hall–Kier alpha value is -3.94. The van der Waals surface area contributed by atoms with Gasteiger partial charge < -0.3 is 29.2 Å². The number of hydrogen-bond acceptors (Lipinski definition) is 7. The normalized spacial score (nSPS) is 21.1. The van der Waals surface area contributed by atoms with Crippen LogP contribution < -0.4 is 14.5 Å². The van der Waals surface area contributed by atoms with Gasteiger partial charge in [-0.3, -0.25) is 4.79 Å². The average molecular weight is 622 g/mol. The van der Waals surface area contributed by atoms with Gasteiger partial charge in [-0.25, -0.2) is 11.0 Å². The summed E-state index contributed by atoms with van der Waals surface area (Å²) >= 11 is 6.67. The lowest BCUT2D eigenvalue weighted by molar-refractivity contribution is -0.131. The summed E-state index contributed by atoms with van der Waals surface area (Å²) in [5.74, 6) is -1.45. The lowest BCUT2D eigenvalue weighted by Crippen LogP contribution is -2.57. The summed E-state index contributed by atoms with van der Waals surface area (Å²) in [6, 6.07) is 10.9. The molecule has 2 aliphatic heterocycles. The van der Waals surface area contributed by atoms with E-state index >= 15 is 0 Å². The first-order valence-electron chi connectivity index (χ1n) is 16.6. The quantitative estimate of drug-likeness (QED) is 0.246. The van der Waals surface area contributed by atoms with Gasteiger partial charge in [-0.05, 0) is 50.9 Å². The first-order chi connectivity index (χ1) is 22.7. The van der Waals surface area contributed by atoms with E-state index in [0.717, 1.165) is 22.0 Å². The molecule has 0 bridgehead atoms. The van der Waals surface area contributed by atoms with Crippen molar-refractivity contribution in [2.45, 2.75) is 31.8 Å². The van der Waals surface area contributed by atoms with E-state index in [1.54, 1.807) is 14.1 Å². The van der Waals surface area contributed by atoms with Gasteiger partial charge >= 0.3 is 6.01 Å². The largest absolute Gasteiger partial charge is 0.463 e. The van der Waals surface area contributed by atoms with Crippen LogP contribution >= 0.6 is 11.6 Å². The van der Waals surface area contributed by atoms with Crippen LogP contribution in [0.2, 0.25) is 5.02 Å². The highest BCUT2D eigenvalue weighted by Gasteiger charge is 2.44. The molecule has 1 saturated carbocycles. The molecule has 2 aromatic carbocycles. The van der Waals surface area contributed by atoms with Crippen molar-refractivity contribution < 1.29 is 19.4 Å². The zero-order valence-corrected chi connectivity index (χ0v) is 25.6. The summed E-state index contributed by atoms with van der Waals surface area (Å²) in [5, 5.41) is 2.52. The van der Waals surface area contributed by atoms with Crippen molar-refractivity contribution in [3.63, 3.8) is 0 Å². The Bertz CT molecular complexity index is 1810. The molecule has 2 fully saturated rings. The Balaban J connectivity index is 1.40. The third kappa shape index (κ3) is 6.04. The fourth-order valence-corrected chi connectivity index (χ4v) is 6.39.